The Bertz CT molecular complexity index is 943. The van der Waals surface area contributed by atoms with Crippen molar-refractivity contribution in [1.29, 1.82) is 0 Å². The van der Waals surface area contributed by atoms with Gasteiger partial charge in [-0.05, 0) is 67.4 Å². The quantitative estimate of drug-likeness (QED) is 0.616. The Morgan fingerprint density at radius 1 is 1.07 bits per heavy atom. The molecule has 29 heavy (non-hydrogen) atoms. The number of carbonyl (C=O) groups is 1. The first-order valence-electron chi connectivity index (χ1n) is 9.69. The van der Waals surface area contributed by atoms with E-state index < -0.39 is 0 Å². The molecule has 1 aromatic heterocycles. The first-order chi connectivity index (χ1) is 14.2. The van der Waals surface area contributed by atoms with Gasteiger partial charge in [0.05, 0.1) is 6.04 Å². The van der Waals surface area contributed by atoms with Crippen LogP contribution in [0.4, 0.5) is 16.3 Å². The highest BCUT2D eigenvalue weighted by atomic mass is 16.6. The molecule has 0 radical (unpaired) electrons. The number of pyridine rings is 1. The highest BCUT2D eigenvalue weighted by Crippen LogP contribution is 2.25. The van der Waals surface area contributed by atoms with E-state index in [1.54, 1.807) is 11.1 Å². The number of likely N-dealkylation sites (N-methyl/N-ethyl adjacent to an activating group) is 1. The summed E-state index contributed by atoms with van der Waals surface area (Å²) in [6, 6.07) is 21.5. The van der Waals surface area contributed by atoms with Crippen molar-refractivity contribution in [2.24, 2.45) is 0 Å². The van der Waals surface area contributed by atoms with E-state index >= 15 is 0 Å². The summed E-state index contributed by atoms with van der Waals surface area (Å²) in [6.07, 6.45) is 2.30. The van der Waals surface area contributed by atoms with Crippen LogP contribution >= 0.6 is 0 Å². The highest BCUT2D eigenvalue weighted by Gasteiger charge is 2.31. The molecule has 2 aromatic carbocycles. The Balaban J connectivity index is 1.34. The number of benzene rings is 2. The molecule has 0 bridgehead atoms. The number of ether oxygens (including phenoxy) is 2. The molecule has 6 heteroatoms. The summed E-state index contributed by atoms with van der Waals surface area (Å²) in [4.78, 5) is 17.7. The van der Waals surface area contributed by atoms with E-state index in [2.05, 4.69) is 10.3 Å². The van der Waals surface area contributed by atoms with Gasteiger partial charge in [0.15, 0.2) is 0 Å². The van der Waals surface area contributed by atoms with Gasteiger partial charge in [-0.1, -0.05) is 18.2 Å². The van der Waals surface area contributed by atoms with Crippen molar-refractivity contribution in [2.45, 2.75) is 19.4 Å². The van der Waals surface area contributed by atoms with Crippen molar-refractivity contribution in [3.8, 4) is 11.5 Å². The topological polar surface area (TPSA) is 63.7 Å². The number of hydrogen-bond donors (Lipinski definition) is 1. The maximum absolute atomic E-state index is 11.7. The third-order valence-electron chi connectivity index (χ3n) is 4.84. The van der Waals surface area contributed by atoms with Gasteiger partial charge in [0.25, 0.3) is 0 Å². The molecule has 6 nitrogen and oxygen atoms in total. The molecule has 3 aromatic rings. The van der Waals surface area contributed by atoms with Gasteiger partial charge in [-0.25, -0.2) is 9.78 Å². The molecule has 1 atom stereocenters. The van der Waals surface area contributed by atoms with Crippen molar-refractivity contribution >= 4 is 17.6 Å². The van der Waals surface area contributed by atoms with E-state index in [4.69, 9.17) is 9.47 Å². The zero-order chi connectivity index (χ0) is 20.1. The van der Waals surface area contributed by atoms with Crippen LogP contribution in [-0.4, -0.2) is 35.2 Å². The summed E-state index contributed by atoms with van der Waals surface area (Å²) in [5, 5.41) is 3.24. The fourth-order valence-corrected chi connectivity index (χ4v) is 3.34. The predicted octanol–water partition coefficient (Wildman–Crippen LogP) is 5.00. The molecule has 148 valence electrons. The lowest BCUT2D eigenvalue weighted by molar-refractivity contribution is 0.159. The molecule has 1 saturated heterocycles. The van der Waals surface area contributed by atoms with Crippen molar-refractivity contribution in [3.05, 3.63) is 78.5 Å². The van der Waals surface area contributed by atoms with Crippen LogP contribution in [0.15, 0.2) is 72.9 Å². The molecular weight excluding hydrogens is 366 g/mol. The van der Waals surface area contributed by atoms with E-state index in [1.165, 1.54) is 0 Å². The minimum absolute atomic E-state index is 0.0958. The number of carbonyl (C=O) groups excluding carboxylic acids is 1. The largest absolute Gasteiger partial charge is 0.457 e. The molecule has 4 rings (SSSR count). The highest BCUT2D eigenvalue weighted by molar-refractivity contribution is 5.70. The summed E-state index contributed by atoms with van der Waals surface area (Å²) in [6.45, 7) is 3.08. The van der Waals surface area contributed by atoms with Crippen LogP contribution in [0.2, 0.25) is 0 Å². The van der Waals surface area contributed by atoms with Crippen molar-refractivity contribution in [2.75, 3.05) is 18.5 Å². The third-order valence-corrected chi connectivity index (χ3v) is 4.84. The molecule has 0 saturated carbocycles. The van der Waals surface area contributed by atoms with E-state index in [1.807, 2.05) is 73.7 Å². The van der Waals surface area contributed by atoms with Crippen LogP contribution < -0.4 is 10.1 Å². The van der Waals surface area contributed by atoms with Gasteiger partial charge in [-0.15, -0.1) is 0 Å². The number of anilines is 2. The number of aromatic nitrogens is 1. The average Bonchev–Trinajstić information content (AvgIpc) is 3.11. The second-order valence-corrected chi connectivity index (χ2v) is 6.83. The van der Waals surface area contributed by atoms with Crippen LogP contribution in [0.25, 0.3) is 0 Å². The third kappa shape index (κ3) is 4.66. The van der Waals surface area contributed by atoms with Crippen molar-refractivity contribution in [1.82, 2.24) is 9.88 Å². The van der Waals surface area contributed by atoms with Crippen LogP contribution in [0.3, 0.4) is 0 Å². The number of rotatable bonds is 7. The van der Waals surface area contributed by atoms with Gasteiger partial charge in [0.2, 0.25) is 0 Å². The molecule has 1 amide bonds. The Labute approximate surface area is 170 Å². The Morgan fingerprint density at radius 2 is 1.79 bits per heavy atom. The standard InChI is InChI=1S/C23H23N3O3/c1-2-26-19(16-28-23(26)27)15-17-6-10-20(11-7-17)29-21-12-8-18(9-13-21)25-22-5-3-4-14-24-22/h3-14,19H,2,15-16H2,1H3,(H,24,25). The van der Waals surface area contributed by atoms with E-state index in [9.17, 15) is 4.79 Å². The zero-order valence-corrected chi connectivity index (χ0v) is 16.2. The second-order valence-electron chi connectivity index (χ2n) is 6.83. The van der Waals surface area contributed by atoms with E-state index in [-0.39, 0.29) is 12.1 Å². The number of cyclic esters (lactones) is 1. The Hall–Kier alpha value is -3.54. The minimum Gasteiger partial charge on any atom is -0.457 e. The number of nitrogens with zero attached hydrogens (tertiary/aromatic N) is 2. The Morgan fingerprint density at radius 3 is 2.45 bits per heavy atom. The normalized spacial score (nSPS) is 15.8. The van der Waals surface area contributed by atoms with Gasteiger partial charge >= 0.3 is 6.09 Å². The van der Waals surface area contributed by atoms with Crippen molar-refractivity contribution < 1.29 is 14.3 Å². The van der Waals surface area contributed by atoms with Crippen LogP contribution in [0, 0.1) is 0 Å². The molecule has 1 unspecified atom stereocenters. The monoisotopic (exact) mass is 389 g/mol. The SMILES string of the molecule is CCN1C(=O)OCC1Cc1ccc(Oc2ccc(Nc3ccccn3)cc2)cc1. The summed E-state index contributed by atoms with van der Waals surface area (Å²) >= 11 is 0. The average molecular weight is 389 g/mol. The van der Waals surface area contributed by atoms with Crippen LogP contribution in [0.1, 0.15) is 12.5 Å². The lowest BCUT2D eigenvalue weighted by Crippen LogP contribution is -2.34. The van der Waals surface area contributed by atoms with Crippen molar-refractivity contribution in [3.63, 3.8) is 0 Å². The summed E-state index contributed by atoms with van der Waals surface area (Å²) in [5.41, 5.74) is 2.09. The molecule has 2 heterocycles. The Kier molecular flexibility index (Phi) is 5.61. The molecule has 1 aliphatic heterocycles. The van der Waals surface area contributed by atoms with Gasteiger partial charge in [0, 0.05) is 18.4 Å². The van der Waals surface area contributed by atoms with Gasteiger partial charge in [0.1, 0.15) is 23.9 Å². The van der Waals surface area contributed by atoms with Gasteiger partial charge in [-0.2, -0.15) is 0 Å². The van der Waals surface area contributed by atoms with Gasteiger partial charge < -0.3 is 19.7 Å². The van der Waals surface area contributed by atoms with Crippen LogP contribution in [0.5, 0.6) is 11.5 Å². The maximum atomic E-state index is 11.7. The zero-order valence-electron chi connectivity index (χ0n) is 16.2. The smallest absolute Gasteiger partial charge is 0.410 e. The number of nitrogens with one attached hydrogen (secondary N) is 1. The molecule has 1 N–H and O–H groups in total. The van der Waals surface area contributed by atoms with Gasteiger partial charge in [-0.3, -0.25) is 0 Å². The lowest BCUT2D eigenvalue weighted by atomic mass is 10.1. The summed E-state index contributed by atoms with van der Waals surface area (Å²) in [7, 11) is 0. The molecule has 0 spiro atoms. The lowest BCUT2D eigenvalue weighted by Gasteiger charge is -2.19. The molecule has 1 aliphatic rings. The fourth-order valence-electron chi connectivity index (χ4n) is 3.34. The maximum Gasteiger partial charge on any atom is 0.410 e. The molecule has 0 aliphatic carbocycles. The predicted molar refractivity (Wildman–Crippen MR) is 112 cm³/mol. The molecule has 1 fully saturated rings. The van der Waals surface area contributed by atoms with E-state index in [0.717, 1.165) is 35.0 Å². The minimum atomic E-state index is -0.224. The first kappa shape index (κ1) is 18.8. The van der Waals surface area contributed by atoms with Crippen LogP contribution in [-0.2, 0) is 11.2 Å². The summed E-state index contributed by atoms with van der Waals surface area (Å²) < 4.78 is 11.1. The summed E-state index contributed by atoms with van der Waals surface area (Å²) in [5.74, 6) is 2.33. The fraction of sp³-hybridized carbons (Fsp3) is 0.217. The number of amides is 1. The number of hydrogen-bond acceptors (Lipinski definition) is 5. The van der Waals surface area contributed by atoms with E-state index in [0.29, 0.717) is 13.2 Å². The second kappa shape index (κ2) is 8.65. The first-order valence-corrected chi connectivity index (χ1v) is 9.69. The molecular formula is C23H23N3O3.